The molecular weight excluding hydrogens is 242 g/mol. The fourth-order valence-corrected chi connectivity index (χ4v) is 2.05. The molecule has 0 heterocycles. The zero-order valence-electron chi connectivity index (χ0n) is 9.90. The van der Waals surface area contributed by atoms with E-state index in [2.05, 4.69) is 12.2 Å². The van der Waals surface area contributed by atoms with Crippen LogP contribution >= 0.6 is 0 Å². The van der Waals surface area contributed by atoms with Crippen LogP contribution in [0.15, 0.2) is 18.2 Å². The van der Waals surface area contributed by atoms with E-state index in [4.69, 9.17) is 0 Å². The number of nitrogens with one attached hydrogen (secondary N) is 1. The van der Waals surface area contributed by atoms with Gasteiger partial charge in [0, 0.05) is 29.4 Å². The first kappa shape index (κ1) is 12.7. The van der Waals surface area contributed by atoms with Crippen molar-refractivity contribution < 1.29 is 13.7 Å². The summed E-state index contributed by atoms with van der Waals surface area (Å²) in [6, 6.07) is 3.77. The van der Waals surface area contributed by atoms with Crippen molar-refractivity contribution in [3.8, 4) is 0 Å². The fourth-order valence-electron chi connectivity index (χ4n) is 2.05. The minimum atomic E-state index is -2.72. The van der Waals surface area contributed by atoms with Gasteiger partial charge in [0.1, 0.15) is 0 Å². The van der Waals surface area contributed by atoms with Crippen LogP contribution in [0.25, 0.3) is 0 Å². The highest BCUT2D eigenvalue weighted by atomic mass is 19.3. The van der Waals surface area contributed by atoms with Gasteiger partial charge in [-0.2, -0.15) is 0 Å². The van der Waals surface area contributed by atoms with Gasteiger partial charge in [0.2, 0.25) is 0 Å². The number of nitro benzene ring substituents is 1. The molecule has 2 atom stereocenters. The molecule has 4 nitrogen and oxygen atoms in total. The molecule has 0 saturated heterocycles. The Balaban J connectivity index is 2.21. The van der Waals surface area contributed by atoms with E-state index in [0.29, 0.717) is 11.6 Å². The summed E-state index contributed by atoms with van der Waals surface area (Å²) in [6.07, 6.45) is -0.739. The lowest BCUT2D eigenvalue weighted by Crippen LogP contribution is -2.07. The molecule has 1 N–H and O–H groups in total. The Morgan fingerprint density at radius 1 is 1.56 bits per heavy atom. The summed E-state index contributed by atoms with van der Waals surface area (Å²) in [6.45, 7) is 2.05. The molecule has 0 amide bonds. The summed E-state index contributed by atoms with van der Waals surface area (Å²) in [7, 11) is 0. The molecule has 1 aliphatic carbocycles. The van der Waals surface area contributed by atoms with Crippen molar-refractivity contribution in [1.82, 2.24) is 0 Å². The maximum Gasteiger partial charge on any atom is 0.270 e. The molecule has 0 spiro atoms. The number of halogens is 2. The lowest BCUT2D eigenvalue weighted by molar-refractivity contribution is -0.385. The minimum Gasteiger partial charge on any atom is -0.382 e. The summed E-state index contributed by atoms with van der Waals surface area (Å²) >= 11 is 0. The van der Waals surface area contributed by atoms with E-state index in [9.17, 15) is 18.9 Å². The van der Waals surface area contributed by atoms with Gasteiger partial charge in [-0.25, -0.2) is 8.78 Å². The number of nitro groups is 1. The van der Waals surface area contributed by atoms with Crippen LogP contribution in [0.4, 0.5) is 20.2 Å². The Kier molecular flexibility index (Phi) is 3.45. The molecule has 1 aromatic rings. The van der Waals surface area contributed by atoms with Gasteiger partial charge in [-0.3, -0.25) is 10.1 Å². The van der Waals surface area contributed by atoms with Crippen molar-refractivity contribution in [3.63, 3.8) is 0 Å². The van der Waals surface area contributed by atoms with E-state index in [1.165, 1.54) is 12.1 Å². The molecule has 2 unspecified atom stereocenters. The maximum atomic E-state index is 12.9. The van der Waals surface area contributed by atoms with Crippen LogP contribution < -0.4 is 5.32 Å². The summed E-state index contributed by atoms with van der Waals surface area (Å²) < 4.78 is 25.7. The molecule has 1 aliphatic rings. The van der Waals surface area contributed by atoms with E-state index in [0.717, 1.165) is 18.9 Å². The quantitative estimate of drug-likeness (QED) is 0.645. The molecule has 1 fully saturated rings. The first-order valence-electron chi connectivity index (χ1n) is 5.86. The molecule has 0 radical (unpaired) electrons. The van der Waals surface area contributed by atoms with Gasteiger partial charge in [0.05, 0.1) is 4.92 Å². The molecule has 2 rings (SSSR count). The molecule has 0 aliphatic heterocycles. The number of hydrogen-bond donors (Lipinski definition) is 1. The van der Waals surface area contributed by atoms with Crippen molar-refractivity contribution in [2.45, 2.75) is 32.2 Å². The van der Waals surface area contributed by atoms with E-state index in [1.54, 1.807) is 0 Å². The van der Waals surface area contributed by atoms with Crippen molar-refractivity contribution in [2.24, 2.45) is 5.92 Å². The minimum absolute atomic E-state index is 0.217. The van der Waals surface area contributed by atoms with Crippen LogP contribution in [0.5, 0.6) is 0 Å². The third-order valence-corrected chi connectivity index (χ3v) is 3.27. The predicted molar refractivity (Wildman–Crippen MR) is 63.9 cm³/mol. The van der Waals surface area contributed by atoms with Crippen LogP contribution in [0, 0.1) is 16.0 Å². The van der Waals surface area contributed by atoms with Crippen molar-refractivity contribution in [2.75, 3.05) is 5.32 Å². The fraction of sp³-hybridized carbons (Fsp3) is 0.500. The second-order valence-electron chi connectivity index (χ2n) is 4.48. The van der Waals surface area contributed by atoms with Crippen LogP contribution in [0.1, 0.15) is 31.8 Å². The Morgan fingerprint density at radius 3 is 2.78 bits per heavy atom. The monoisotopic (exact) mass is 256 g/mol. The summed E-state index contributed by atoms with van der Waals surface area (Å²) in [5, 5.41) is 13.6. The van der Waals surface area contributed by atoms with E-state index >= 15 is 0 Å². The van der Waals surface area contributed by atoms with Gasteiger partial charge in [-0.15, -0.1) is 0 Å². The van der Waals surface area contributed by atoms with Gasteiger partial charge in [0.25, 0.3) is 12.1 Å². The summed E-state index contributed by atoms with van der Waals surface area (Å²) in [5.41, 5.74) is -0.304. The largest absolute Gasteiger partial charge is 0.382 e. The topological polar surface area (TPSA) is 55.2 Å². The number of benzene rings is 1. The Labute approximate surface area is 103 Å². The van der Waals surface area contributed by atoms with Gasteiger partial charge in [-0.05, 0) is 18.4 Å². The van der Waals surface area contributed by atoms with Crippen LogP contribution in [0.2, 0.25) is 0 Å². The number of hydrogen-bond acceptors (Lipinski definition) is 3. The highest BCUT2D eigenvalue weighted by molar-refractivity contribution is 5.57. The standard InChI is InChI=1S/C12H14F2N2O2/c1-2-7-5-11(7)15-10-4-3-8(16(17)18)6-9(10)12(13)14/h3-4,6-7,11-12,15H,2,5H2,1H3. The van der Waals surface area contributed by atoms with Crippen LogP contribution in [-0.2, 0) is 0 Å². The van der Waals surface area contributed by atoms with E-state index in [-0.39, 0.29) is 17.3 Å². The lowest BCUT2D eigenvalue weighted by Gasteiger charge is -2.11. The van der Waals surface area contributed by atoms with Crippen LogP contribution in [0.3, 0.4) is 0 Å². The number of alkyl halides is 2. The molecule has 18 heavy (non-hydrogen) atoms. The predicted octanol–water partition coefficient (Wildman–Crippen LogP) is 3.74. The van der Waals surface area contributed by atoms with Gasteiger partial charge < -0.3 is 5.32 Å². The third kappa shape index (κ3) is 2.57. The number of nitrogens with zero attached hydrogens (tertiary/aromatic N) is 1. The number of anilines is 1. The van der Waals surface area contributed by atoms with Crippen molar-refractivity contribution in [3.05, 3.63) is 33.9 Å². The average molecular weight is 256 g/mol. The summed E-state index contributed by atoms with van der Waals surface area (Å²) in [4.78, 5) is 9.90. The Morgan fingerprint density at radius 2 is 2.28 bits per heavy atom. The third-order valence-electron chi connectivity index (χ3n) is 3.27. The lowest BCUT2D eigenvalue weighted by atomic mass is 10.1. The smallest absolute Gasteiger partial charge is 0.270 e. The molecule has 0 bridgehead atoms. The first-order chi connectivity index (χ1) is 8.52. The first-order valence-corrected chi connectivity index (χ1v) is 5.86. The van der Waals surface area contributed by atoms with Crippen molar-refractivity contribution >= 4 is 11.4 Å². The van der Waals surface area contributed by atoms with Gasteiger partial charge in [-0.1, -0.05) is 13.3 Å². The van der Waals surface area contributed by atoms with E-state index < -0.39 is 11.3 Å². The highest BCUT2D eigenvalue weighted by Gasteiger charge is 2.36. The van der Waals surface area contributed by atoms with Crippen molar-refractivity contribution in [1.29, 1.82) is 0 Å². The van der Waals surface area contributed by atoms with Gasteiger partial charge in [0.15, 0.2) is 0 Å². The zero-order valence-corrected chi connectivity index (χ0v) is 9.90. The molecule has 0 aromatic heterocycles. The number of rotatable bonds is 5. The molecule has 1 aromatic carbocycles. The zero-order chi connectivity index (χ0) is 13.3. The molecule has 98 valence electrons. The average Bonchev–Trinajstić information content (AvgIpc) is 3.07. The highest BCUT2D eigenvalue weighted by Crippen LogP contribution is 2.39. The Bertz CT molecular complexity index is 465. The SMILES string of the molecule is CCC1CC1Nc1ccc([N+](=O)[O-])cc1C(F)F. The second-order valence-corrected chi connectivity index (χ2v) is 4.48. The summed E-state index contributed by atoms with van der Waals surface area (Å²) in [5.74, 6) is 0.519. The molecule has 6 heteroatoms. The van der Waals surface area contributed by atoms with E-state index in [1.807, 2.05) is 0 Å². The molecule has 1 saturated carbocycles. The maximum absolute atomic E-state index is 12.9. The second kappa shape index (κ2) is 4.88. The Hall–Kier alpha value is -1.72. The van der Waals surface area contributed by atoms with Crippen LogP contribution in [-0.4, -0.2) is 11.0 Å². The van der Waals surface area contributed by atoms with Gasteiger partial charge >= 0.3 is 0 Å². The molecular formula is C12H14F2N2O2. The number of non-ortho nitro benzene ring substituents is 1. The normalized spacial score (nSPS) is 22.0.